The average Bonchev–Trinajstić information content (AvgIpc) is 3.92. The molecule has 6 aliphatic rings. The molecule has 10 atom stereocenters. The number of methoxy groups -OCH3 is 3. The van der Waals surface area contributed by atoms with Crippen LogP contribution in [-0.4, -0.2) is 128 Å². The average molecular weight is 854 g/mol. The second-order valence-corrected chi connectivity index (χ2v) is 18.5. The second-order valence-electron chi connectivity index (χ2n) is 18.5. The predicted octanol–water partition coefficient (Wildman–Crippen LogP) is 5.45. The minimum atomic E-state index is -2.35. The SMILES string of the molecule is CC[C@]1(N=[N+]=[N-])C[C@@H]2CN(CCc3c([nH]c4ccc(F)cc34)[C@@](C(=O)OC)(c3cc4c(cc3OC)N(C)[C@H]3[C@@](O)(C(=O)OC)[C@H](OC(C)=O)[C@]5(CC)C=CCN6CC[C@]43[C@@H]65)C2)C1. The summed E-state index contributed by atoms with van der Waals surface area (Å²) in [5.74, 6) is -2.32. The number of carbonyl (C=O) groups is 3. The molecule has 0 radical (unpaired) electrons. The van der Waals surface area contributed by atoms with Gasteiger partial charge >= 0.3 is 17.9 Å². The van der Waals surface area contributed by atoms with E-state index in [2.05, 4.69) is 24.8 Å². The van der Waals surface area contributed by atoms with E-state index in [1.807, 2.05) is 50.1 Å². The van der Waals surface area contributed by atoms with Gasteiger partial charge in [-0.05, 0) is 91.9 Å². The third kappa shape index (κ3) is 5.45. The number of H-pyrrole nitrogens is 1. The Morgan fingerprint density at radius 2 is 1.81 bits per heavy atom. The normalized spacial score (nSPS) is 35.6. The van der Waals surface area contributed by atoms with Crippen molar-refractivity contribution in [1.82, 2.24) is 14.8 Å². The number of aromatic amines is 1. The number of halogens is 1. The van der Waals surface area contributed by atoms with Gasteiger partial charge in [-0.2, -0.15) is 0 Å². The summed E-state index contributed by atoms with van der Waals surface area (Å²) in [5, 5.41) is 18.4. The van der Waals surface area contributed by atoms with Crippen molar-refractivity contribution >= 4 is 34.5 Å². The fraction of sp³-hybridized carbons (Fsp3) is 0.587. The molecule has 1 saturated carbocycles. The highest BCUT2D eigenvalue weighted by molar-refractivity contribution is 5.95. The van der Waals surface area contributed by atoms with E-state index >= 15 is 9.18 Å². The van der Waals surface area contributed by atoms with E-state index in [1.165, 1.54) is 33.3 Å². The molecule has 2 bridgehead atoms. The highest BCUT2D eigenvalue weighted by Crippen LogP contribution is 2.68. The molecule has 3 fully saturated rings. The number of rotatable bonds is 8. The molecule has 15 nitrogen and oxygen atoms in total. The largest absolute Gasteiger partial charge is 0.496 e. The molecule has 2 N–H and O–H groups in total. The fourth-order valence-electron chi connectivity index (χ4n) is 13.8. The second kappa shape index (κ2) is 14.7. The zero-order chi connectivity index (χ0) is 44.1. The van der Waals surface area contributed by atoms with Gasteiger partial charge in [-0.1, -0.05) is 31.1 Å². The first-order valence-electron chi connectivity index (χ1n) is 21.7. The lowest BCUT2D eigenvalue weighted by Crippen LogP contribution is -2.81. The summed E-state index contributed by atoms with van der Waals surface area (Å²) in [6, 6.07) is 7.16. The van der Waals surface area contributed by atoms with Crippen LogP contribution in [0.25, 0.3) is 21.3 Å². The summed E-state index contributed by atoms with van der Waals surface area (Å²) >= 11 is 0. The van der Waals surface area contributed by atoms with E-state index in [9.17, 15) is 20.2 Å². The molecule has 1 unspecified atom stereocenters. The van der Waals surface area contributed by atoms with Gasteiger partial charge in [0, 0.05) is 95.8 Å². The number of hydrogen-bond donors (Lipinski definition) is 2. The zero-order valence-corrected chi connectivity index (χ0v) is 36.5. The Kier molecular flexibility index (Phi) is 10.0. The highest BCUT2D eigenvalue weighted by atomic mass is 19.1. The van der Waals surface area contributed by atoms with Crippen molar-refractivity contribution in [3.8, 4) is 5.75 Å². The minimum absolute atomic E-state index is 0.185. The Morgan fingerprint density at radius 1 is 1.03 bits per heavy atom. The maximum absolute atomic E-state index is 15.4. The van der Waals surface area contributed by atoms with E-state index in [0.29, 0.717) is 98.4 Å². The molecule has 0 amide bonds. The van der Waals surface area contributed by atoms with Crippen LogP contribution < -0.4 is 9.64 Å². The molecule has 1 aromatic heterocycles. The summed E-state index contributed by atoms with van der Waals surface area (Å²) in [4.78, 5) is 56.4. The van der Waals surface area contributed by atoms with Crippen molar-refractivity contribution in [2.24, 2.45) is 16.4 Å². The van der Waals surface area contributed by atoms with Gasteiger partial charge in [-0.25, -0.2) is 9.18 Å². The first-order valence-corrected chi connectivity index (χ1v) is 21.7. The molecule has 5 aliphatic heterocycles. The Balaban J connectivity index is 1.37. The Morgan fingerprint density at radius 3 is 2.48 bits per heavy atom. The van der Waals surface area contributed by atoms with Gasteiger partial charge in [-0.3, -0.25) is 14.5 Å². The van der Waals surface area contributed by atoms with Crippen molar-refractivity contribution in [2.45, 2.75) is 99.5 Å². The molecule has 330 valence electrons. The van der Waals surface area contributed by atoms with Gasteiger partial charge in [0.05, 0.1) is 32.9 Å². The molecule has 3 aromatic rings. The van der Waals surface area contributed by atoms with Crippen LogP contribution in [0.1, 0.15) is 75.3 Å². The molecule has 9 rings (SSSR count). The summed E-state index contributed by atoms with van der Waals surface area (Å²) in [5.41, 5.74) is 7.18. The number of aliphatic hydroxyl groups is 1. The lowest BCUT2D eigenvalue weighted by atomic mass is 9.47. The lowest BCUT2D eigenvalue weighted by molar-refractivity contribution is -0.228. The molecule has 1 aliphatic carbocycles. The van der Waals surface area contributed by atoms with Crippen LogP contribution in [-0.2, 0) is 45.8 Å². The van der Waals surface area contributed by atoms with Gasteiger partial charge in [0.25, 0.3) is 0 Å². The Labute approximate surface area is 360 Å². The molecule has 2 saturated heterocycles. The Bertz CT molecular complexity index is 2450. The fourth-order valence-corrected chi connectivity index (χ4v) is 13.8. The smallest absolute Gasteiger partial charge is 0.344 e. The number of aromatic nitrogens is 1. The third-order valence-corrected chi connectivity index (χ3v) is 15.9. The monoisotopic (exact) mass is 853 g/mol. The molecular weight excluding hydrogens is 798 g/mol. The van der Waals surface area contributed by atoms with Crippen LogP contribution in [0.2, 0.25) is 0 Å². The minimum Gasteiger partial charge on any atom is -0.496 e. The van der Waals surface area contributed by atoms with Gasteiger partial charge < -0.3 is 38.8 Å². The van der Waals surface area contributed by atoms with Crippen molar-refractivity contribution in [1.29, 1.82) is 0 Å². The first-order chi connectivity index (χ1) is 29.7. The van der Waals surface area contributed by atoms with Crippen LogP contribution in [0.5, 0.6) is 5.75 Å². The number of hydrogen-bond acceptors (Lipinski definition) is 12. The van der Waals surface area contributed by atoms with Crippen molar-refractivity contribution < 1.29 is 42.8 Å². The number of esters is 3. The number of piperidine rings is 1. The highest BCUT2D eigenvalue weighted by Gasteiger charge is 2.80. The van der Waals surface area contributed by atoms with Crippen molar-refractivity contribution in [3.63, 3.8) is 0 Å². The maximum atomic E-state index is 15.4. The van der Waals surface area contributed by atoms with E-state index in [4.69, 9.17) is 18.9 Å². The molecule has 16 heteroatoms. The number of likely N-dealkylation sites (N-methyl/N-ethyl adjacent to an activating group) is 1. The molecule has 2 aromatic carbocycles. The number of azide groups is 1. The quantitative estimate of drug-likeness (QED) is 0.0735. The number of ether oxygens (including phenoxy) is 4. The topological polar surface area (TPSA) is 183 Å². The number of benzene rings is 2. The predicted molar refractivity (Wildman–Crippen MR) is 227 cm³/mol. The van der Waals surface area contributed by atoms with E-state index in [1.54, 1.807) is 13.2 Å². The van der Waals surface area contributed by atoms with Crippen LogP contribution in [0.3, 0.4) is 0 Å². The summed E-state index contributed by atoms with van der Waals surface area (Å²) < 4.78 is 39.1. The maximum Gasteiger partial charge on any atom is 0.344 e. The number of fused-ring (bicyclic) bond motifs is 6. The molecule has 1 spiro atoms. The van der Waals surface area contributed by atoms with E-state index in [0.717, 1.165) is 11.1 Å². The summed E-state index contributed by atoms with van der Waals surface area (Å²) in [6.45, 7) is 8.24. The first kappa shape index (κ1) is 42.2. The van der Waals surface area contributed by atoms with Crippen LogP contribution >= 0.6 is 0 Å². The standard InChI is InChI=1S/C46H56FN7O8/c1-8-42(50-51-48)22-27-23-45(40(56)60-6,36-29(13-17-53(24-27)25-42)30-19-28(47)11-12-33(30)49-36)32-20-31-34(21-35(32)59-5)52(4)38-44(31)15-18-54-16-10-14-43(9-2,37(44)54)39(62-26(3)55)46(38,58)41(57)61-7/h10-12,14,19-21,27,37-39,49,58H,8-9,13,15-18,22-25H2,1-7H3/t27-,37-,38+,39+,42-,43+,44+,45-,46-/m0/s1. The van der Waals surface area contributed by atoms with Gasteiger partial charge in [0.1, 0.15) is 17.0 Å². The van der Waals surface area contributed by atoms with Gasteiger partial charge in [0.2, 0.25) is 5.60 Å². The van der Waals surface area contributed by atoms with Crippen LogP contribution in [0.15, 0.2) is 47.6 Å². The summed E-state index contributed by atoms with van der Waals surface area (Å²) in [6.07, 6.45) is 5.46. The van der Waals surface area contributed by atoms with E-state index in [-0.39, 0.29) is 18.4 Å². The third-order valence-electron chi connectivity index (χ3n) is 15.9. The zero-order valence-electron chi connectivity index (χ0n) is 36.5. The molecular formula is C46H56FN7O8. The lowest BCUT2D eigenvalue weighted by Gasteiger charge is -2.63. The van der Waals surface area contributed by atoms with Crippen LogP contribution in [0.4, 0.5) is 10.1 Å². The number of anilines is 1. The van der Waals surface area contributed by atoms with Gasteiger partial charge in [-0.15, -0.1) is 0 Å². The molecule has 62 heavy (non-hydrogen) atoms. The van der Waals surface area contributed by atoms with Gasteiger partial charge in [0.15, 0.2) is 6.10 Å². The van der Waals surface area contributed by atoms with Crippen molar-refractivity contribution in [3.05, 3.63) is 81.1 Å². The van der Waals surface area contributed by atoms with E-state index < -0.39 is 63.3 Å². The Hall–Kier alpha value is -5.15. The number of nitrogens with one attached hydrogen (secondary N) is 1. The summed E-state index contributed by atoms with van der Waals surface area (Å²) in [7, 11) is 5.97. The van der Waals surface area contributed by atoms with Crippen LogP contribution in [0, 0.1) is 17.2 Å². The van der Waals surface area contributed by atoms with Crippen molar-refractivity contribution in [2.75, 3.05) is 66.0 Å². The molecule has 6 heterocycles. The number of nitrogens with zero attached hydrogens (tertiary/aromatic N) is 6. The number of carbonyl (C=O) groups excluding carboxylic acids is 3.